The summed E-state index contributed by atoms with van der Waals surface area (Å²) in [5.74, 6) is 0.651. The van der Waals surface area contributed by atoms with Crippen molar-refractivity contribution in [1.82, 2.24) is 5.32 Å². The van der Waals surface area contributed by atoms with Crippen LogP contribution in [0.5, 0.6) is 0 Å². The van der Waals surface area contributed by atoms with Gasteiger partial charge in [0.1, 0.15) is 0 Å². The van der Waals surface area contributed by atoms with Crippen LogP contribution in [0.15, 0.2) is 30.8 Å². The molecule has 1 atom stereocenters. The Kier molecular flexibility index (Phi) is 4.75. The first-order valence-electron chi connectivity index (χ1n) is 5.96. The van der Waals surface area contributed by atoms with Crippen LogP contribution in [0.3, 0.4) is 0 Å². The Morgan fingerprint density at radius 1 is 1.38 bits per heavy atom. The van der Waals surface area contributed by atoms with Gasteiger partial charge in [-0.15, -0.1) is 0 Å². The lowest BCUT2D eigenvalue weighted by Gasteiger charge is -2.20. The number of allylic oxidation sites excluding steroid dienone is 1. The highest BCUT2D eigenvalue weighted by atomic mass is 14.9. The SMILES string of the molecule is C=C(C)c1cccc(CC(NC)C(C)C)c1. The fraction of sp³-hybridized carbons (Fsp3) is 0.467. The van der Waals surface area contributed by atoms with E-state index in [0.717, 1.165) is 12.0 Å². The van der Waals surface area contributed by atoms with Crippen LogP contribution in [0.2, 0.25) is 0 Å². The molecule has 0 saturated heterocycles. The van der Waals surface area contributed by atoms with Crippen molar-refractivity contribution in [1.29, 1.82) is 0 Å². The van der Waals surface area contributed by atoms with Crippen molar-refractivity contribution in [3.8, 4) is 0 Å². The Labute approximate surface area is 99.6 Å². The predicted molar refractivity (Wildman–Crippen MR) is 72.5 cm³/mol. The third kappa shape index (κ3) is 3.49. The summed E-state index contributed by atoms with van der Waals surface area (Å²) in [5, 5.41) is 3.38. The van der Waals surface area contributed by atoms with Crippen LogP contribution in [-0.2, 0) is 6.42 Å². The molecule has 1 aromatic carbocycles. The highest BCUT2D eigenvalue weighted by molar-refractivity contribution is 5.61. The van der Waals surface area contributed by atoms with Crippen molar-refractivity contribution in [3.63, 3.8) is 0 Å². The van der Waals surface area contributed by atoms with Crippen molar-refractivity contribution < 1.29 is 0 Å². The molecule has 0 aromatic heterocycles. The second-order valence-corrected chi connectivity index (χ2v) is 4.82. The molecule has 1 aromatic rings. The lowest BCUT2D eigenvalue weighted by molar-refractivity contribution is 0.424. The summed E-state index contributed by atoms with van der Waals surface area (Å²) in [6.45, 7) is 10.5. The minimum absolute atomic E-state index is 0.542. The van der Waals surface area contributed by atoms with Crippen LogP contribution in [0, 0.1) is 5.92 Å². The molecule has 0 amide bonds. The highest BCUT2D eigenvalue weighted by Crippen LogP contribution is 2.16. The molecule has 0 aliphatic heterocycles. The van der Waals surface area contributed by atoms with Gasteiger partial charge in [0.15, 0.2) is 0 Å². The van der Waals surface area contributed by atoms with Crippen LogP contribution in [0.4, 0.5) is 0 Å². The zero-order chi connectivity index (χ0) is 12.1. The number of benzene rings is 1. The maximum atomic E-state index is 3.99. The van der Waals surface area contributed by atoms with E-state index in [0.29, 0.717) is 12.0 Å². The van der Waals surface area contributed by atoms with Crippen molar-refractivity contribution in [3.05, 3.63) is 42.0 Å². The van der Waals surface area contributed by atoms with Gasteiger partial charge in [-0.25, -0.2) is 0 Å². The van der Waals surface area contributed by atoms with Gasteiger partial charge >= 0.3 is 0 Å². The number of likely N-dealkylation sites (N-methyl/N-ethyl adjacent to an activating group) is 1. The fourth-order valence-electron chi connectivity index (χ4n) is 1.89. The summed E-state index contributed by atoms with van der Waals surface area (Å²) in [7, 11) is 2.03. The Balaban J connectivity index is 2.80. The van der Waals surface area contributed by atoms with E-state index in [1.165, 1.54) is 11.1 Å². The number of hydrogen-bond donors (Lipinski definition) is 1. The summed E-state index contributed by atoms with van der Waals surface area (Å²) in [6.07, 6.45) is 1.08. The molecule has 1 unspecified atom stereocenters. The van der Waals surface area contributed by atoms with Crippen LogP contribution in [0.1, 0.15) is 31.9 Å². The minimum Gasteiger partial charge on any atom is -0.316 e. The molecule has 0 aliphatic rings. The third-order valence-electron chi connectivity index (χ3n) is 3.05. The molecule has 88 valence electrons. The standard InChI is InChI=1S/C15H23N/c1-11(2)14-8-6-7-13(9-14)10-15(16-5)12(3)4/h6-9,12,15-16H,1,10H2,2-5H3. The largest absolute Gasteiger partial charge is 0.316 e. The van der Waals surface area contributed by atoms with Gasteiger partial charge in [0, 0.05) is 6.04 Å². The van der Waals surface area contributed by atoms with Gasteiger partial charge in [0.25, 0.3) is 0 Å². The monoisotopic (exact) mass is 217 g/mol. The number of rotatable bonds is 5. The molecule has 1 heteroatoms. The molecule has 0 fully saturated rings. The van der Waals surface area contributed by atoms with E-state index in [2.05, 4.69) is 56.9 Å². The predicted octanol–water partition coefficient (Wildman–Crippen LogP) is 3.51. The molecule has 0 saturated carbocycles. The molecule has 0 spiro atoms. The molecule has 0 bridgehead atoms. The Bertz CT molecular complexity index is 352. The van der Waals surface area contributed by atoms with Crippen LogP contribution < -0.4 is 5.32 Å². The second-order valence-electron chi connectivity index (χ2n) is 4.82. The van der Waals surface area contributed by atoms with Gasteiger partial charge in [-0.05, 0) is 37.4 Å². The summed E-state index contributed by atoms with van der Waals surface area (Å²) in [5.41, 5.74) is 3.76. The van der Waals surface area contributed by atoms with Gasteiger partial charge in [-0.1, -0.05) is 50.3 Å². The summed E-state index contributed by atoms with van der Waals surface area (Å²) in [6, 6.07) is 9.22. The zero-order valence-corrected chi connectivity index (χ0v) is 10.9. The van der Waals surface area contributed by atoms with E-state index < -0.39 is 0 Å². The second kappa shape index (κ2) is 5.86. The molecular weight excluding hydrogens is 194 g/mol. The van der Waals surface area contributed by atoms with Gasteiger partial charge < -0.3 is 5.32 Å². The first-order valence-corrected chi connectivity index (χ1v) is 5.96. The zero-order valence-electron chi connectivity index (χ0n) is 10.9. The quantitative estimate of drug-likeness (QED) is 0.796. The van der Waals surface area contributed by atoms with Gasteiger partial charge in [-0.3, -0.25) is 0 Å². The lowest BCUT2D eigenvalue weighted by Crippen LogP contribution is -2.32. The van der Waals surface area contributed by atoms with E-state index in [4.69, 9.17) is 0 Å². The fourth-order valence-corrected chi connectivity index (χ4v) is 1.89. The third-order valence-corrected chi connectivity index (χ3v) is 3.05. The first kappa shape index (κ1) is 13.0. The Hall–Kier alpha value is -1.08. The summed E-state index contributed by atoms with van der Waals surface area (Å²) in [4.78, 5) is 0. The molecule has 1 rings (SSSR count). The van der Waals surface area contributed by atoms with Crippen molar-refractivity contribution in [2.75, 3.05) is 7.05 Å². The molecule has 0 heterocycles. The van der Waals surface area contributed by atoms with E-state index in [1.54, 1.807) is 0 Å². The molecule has 16 heavy (non-hydrogen) atoms. The van der Waals surface area contributed by atoms with E-state index in [9.17, 15) is 0 Å². The first-order chi connectivity index (χ1) is 7.54. The van der Waals surface area contributed by atoms with Crippen LogP contribution >= 0.6 is 0 Å². The molecule has 0 aliphatic carbocycles. The topological polar surface area (TPSA) is 12.0 Å². The van der Waals surface area contributed by atoms with Crippen LogP contribution in [-0.4, -0.2) is 13.1 Å². The number of nitrogens with one attached hydrogen (secondary N) is 1. The average Bonchev–Trinajstić information content (AvgIpc) is 2.25. The van der Waals surface area contributed by atoms with Gasteiger partial charge in [-0.2, -0.15) is 0 Å². The van der Waals surface area contributed by atoms with Crippen molar-refractivity contribution in [2.24, 2.45) is 5.92 Å². The average molecular weight is 217 g/mol. The normalized spacial score (nSPS) is 12.8. The van der Waals surface area contributed by atoms with Crippen LogP contribution in [0.25, 0.3) is 5.57 Å². The van der Waals surface area contributed by atoms with E-state index in [-0.39, 0.29) is 0 Å². The highest BCUT2D eigenvalue weighted by Gasteiger charge is 2.11. The van der Waals surface area contributed by atoms with E-state index in [1.807, 2.05) is 7.05 Å². The van der Waals surface area contributed by atoms with Gasteiger partial charge in [0.2, 0.25) is 0 Å². The Morgan fingerprint density at radius 3 is 2.56 bits per heavy atom. The van der Waals surface area contributed by atoms with Gasteiger partial charge in [0.05, 0.1) is 0 Å². The van der Waals surface area contributed by atoms with E-state index >= 15 is 0 Å². The minimum atomic E-state index is 0.542. The molecule has 1 nitrogen and oxygen atoms in total. The summed E-state index contributed by atoms with van der Waals surface area (Å²) >= 11 is 0. The maximum absolute atomic E-state index is 3.99. The lowest BCUT2D eigenvalue weighted by atomic mass is 9.95. The summed E-state index contributed by atoms with van der Waals surface area (Å²) < 4.78 is 0. The Morgan fingerprint density at radius 2 is 2.06 bits per heavy atom. The molecule has 1 N–H and O–H groups in total. The maximum Gasteiger partial charge on any atom is 0.0127 e. The number of hydrogen-bond acceptors (Lipinski definition) is 1. The molecule has 0 radical (unpaired) electrons. The smallest absolute Gasteiger partial charge is 0.0127 e. The van der Waals surface area contributed by atoms with Crippen molar-refractivity contribution in [2.45, 2.75) is 33.2 Å². The molecular formula is C15H23N. The van der Waals surface area contributed by atoms with Crippen molar-refractivity contribution >= 4 is 5.57 Å².